The van der Waals surface area contributed by atoms with E-state index in [1.54, 1.807) is 12.1 Å². The first-order valence-electron chi connectivity index (χ1n) is 6.90. The molecule has 2 rings (SSSR count). The third kappa shape index (κ3) is 5.08. The molecule has 0 radical (unpaired) electrons. The van der Waals surface area contributed by atoms with Gasteiger partial charge in [0.15, 0.2) is 6.54 Å². The first-order valence-corrected chi connectivity index (χ1v) is 8.03. The van der Waals surface area contributed by atoms with Crippen molar-refractivity contribution in [1.82, 2.24) is 0 Å². The lowest BCUT2D eigenvalue weighted by Crippen LogP contribution is -2.86. The molecule has 3 N–H and O–H groups in total. The molecule has 7 heteroatoms. The topological polar surface area (TPSA) is 45.7 Å². The molecule has 0 aliphatic rings. The molecule has 0 saturated heterocycles. The molecule has 0 aromatic heterocycles. The van der Waals surface area contributed by atoms with Crippen molar-refractivity contribution in [2.24, 2.45) is 0 Å². The Morgan fingerprint density at radius 3 is 2.57 bits per heavy atom. The summed E-state index contributed by atoms with van der Waals surface area (Å²) in [6.07, 6.45) is 0. The molecule has 2 aromatic carbocycles. The molecule has 0 heterocycles. The van der Waals surface area contributed by atoms with Crippen molar-refractivity contribution >= 4 is 46.4 Å². The van der Waals surface area contributed by atoms with Crippen LogP contribution in [0.5, 0.6) is 0 Å². The molecule has 23 heavy (non-hydrogen) atoms. The van der Waals surface area contributed by atoms with Gasteiger partial charge in [-0.3, -0.25) is 4.79 Å². The molecule has 1 atom stereocenters. The molecule has 0 saturated carbocycles. The van der Waals surface area contributed by atoms with Gasteiger partial charge in [0, 0.05) is 10.6 Å². The second-order valence-electron chi connectivity index (χ2n) is 5.07. The summed E-state index contributed by atoms with van der Waals surface area (Å²) in [7, 11) is 0. The highest BCUT2D eigenvalue weighted by molar-refractivity contribution is 6.35. The van der Waals surface area contributed by atoms with Crippen molar-refractivity contribution in [3.63, 3.8) is 0 Å². The lowest BCUT2D eigenvalue weighted by molar-refractivity contribution is -0.682. The van der Waals surface area contributed by atoms with Crippen molar-refractivity contribution in [3.05, 3.63) is 62.8 Å². The Morgan fingerprint density at radius 2 is 1.91 bits per heavy atom. The lowest BCUT2D eigenvalue weighted by atomic mass is 10.1. The monoisotopic (exact) mass is 375 g/mol. The number of hydrogen-bond donors (Lipinski definition) is 2. The van der Waals surface area contributed by atoms with E-state index in [9.17, 15) is 9.18 Å². The molecular formula is C16H15Cl3FN2O+. The van der Waals surface area contributed by atoms with Crippen molar-refractivity contribution in [1.29, 1.82) is 0 Å². The minimum Gasteiger partial charge on any atom is -0.332 e. The number of carbonyl (C=O) groups excluding carboxylic acids is 1. The van der Waals surface area contributed by atoms with Crippen LogP contribution in [0.3, 0.4) is 0 Å². The molecule has 0 bridgehead atoms. The van der Waals surface area contributed by atoms with Crippen LogP contribution >= 0.6 is 34.8 Å². The largest absolute Gasteiger partial charge is 0.332 e. The number of halogens is 4. The van der Waals surface area contributed by atoms with E-state index in [1.165, 1.54) is 12.1 Å². The Labute approximate surface area is 148 Å². The maximum Gasteiger partial charge on any atom is 0.279 e. The number of nitrogens with one attached hydrogen (secondary N) is 1. The fourth-order valence-corrected chi connectivity index (χ4v) is 2.87. The van der Waals surface area contributed by atoms with Gasteiger partial charge in [-0.15, -0.1) is 0 Å². The number of rotatable bonds is 5. The molecule has 122 valence electrons. The zero-order chi connectivity index (χ0) is 17.0. The molecule has 0 aliphatic heterocycles. The van der Waals surface area contributed by atoms with Crippen LogP contribution in [0.25, 0.3) is 0 Å². The fraction of sp³-hybridized carbons (Fsp3) is 0.188. The van der Waals surface area contributed by atoms with Gasteiger partial charge in [0.25, 0.3) is 5.91 Å². The zero-order valence-corrected chi connectivity index (χ0v) is 14.5. The molecule has 2 aromatic rings. The molecule has 1 amide bonds. The van der Waals surface area contributed by atoms with E-state index >= 15 is 0 Å². The van der Waals surface area contributed by atoms with E-state index < -0.39 is 5.82 Å². The van der Waals surface area contributed by atoms with Crippen LogP contribution in [0.4, 0.5) is 10.1 Å². The quantitative estimate of drug-likeness (QED) is 0.812. The normalized spacial score (nSPS) is 12.0. The van der Waals surface area contributed by atoms with Crippen LogP contribution in [-0.4, -0.2) is 12.5 Å². The van der Waals surface area contributed by atoms with E-state index in [-0.39, 0.29) is 23.5 Å². The Bertz CT molecular complexity index is 724. The van der Waals surface area contributed by atoms with Gasteiger partial charge >= 0.3 is 0 Å². The number of carbonyl (C=O) groups is 1. The highest BCUT2D eigenvalue weighted by atomic mass is 35.5. The Kier molecular flexibility index (Phi) is 6.25. The first kappa shape index (κ1) is 18.0. The summed E-state index contributed by atoms with van der Waals surface area (Å²) >= 11 is 17.9. The van der Waals surface area contributed by atoms with Gasteiger partial charge in [0.05, 0.1) is 15.7 Å². The van der Waals surface area contributed by atoms with Gasteiger partial charge < -0.3 is 10.6 Å². The van der Waals surface area contributed by atoms with E-state index in [0.29, 0.717) is 15.7 Å². The highest BCUT2D eigenvalue weighted by Crippen LogP contribution is 2.24. The number of anilines is 1. The van der Waals surface area contributed by atoms with Crippen LogP contribution in [0.1, 0.15) is 18.5 Å². The molecule has 0 aliphatic carbocycles. The molecule has 0 spiro atoms. The second-order valence-corrected chi connectivity index (χ2v) is 6.32. The standard InChI is InChI=1S/C16H14Cl3FN2O/c1-9(12-4-2-10(17)6-13(12)18)21-8-16(23)22-15-5-3-11(20)7-14(15)19/h2-7,9,21H,8H2,1H3,(H,22,23)/p+1/t9-/m1/s1. The van der Waals surface area contributed by atoms with Gasteiger partial charge in [-0.25, -0.2) is 4.39 Å². The van der Waals surface area contributed by atoms with Gasteiger partial charge in [-0.2, -0.15) is 0 Å². The molecule has 0 fully saturated rings. The Hall–Kier alpha value is -1.33. The summed E-state index contributed by atoms with van der Waals surface area (Å²) in [6, 6.07) is 9.05. The minimum atomic E-state index is -0.453. The highest BCUT2D eigenvalue weighted by Gasteiger charge is 2.15. The minimum absolute atomic E-state index is 0.0193. The van der Waals surface area contributed by atoms with Crippen molar-refractivity contribution < 1.29 is 14.5 Å². The molecular weight excluding hydrogens is 362 g/mol. The lowest BCUT2D eigenvalue weighted by Gasteiger charge is -2.13. The number of quaternary nitrogens is 1. The van der Waals surface area contributed by atoms with Gasteiger partial charge in [-0.1, -0.05) is 40.9 Å². The first-order chi connectivity index (χ1) is 10.9. The fourth-order valence-electron chi connectivity index (χ4n) is 2.07. The van der Waals surface area contributed by atoms with Crippen LogP contribution < -0.4 is 10.6 Å². The van der Waals surface area contributed by atoms with E-state index in [4.69, 9.17) is 34.8 Å². The van der Waals surface area contributed by atoms with Gasteiger partial charge in [0.1, 0.15) is 11.9 Å². The van der Waals surface area contributed by atoms with Crippen LogP contribution in [0.2, 0.25) is 15.1 Å². The summed E-state index contributed by atoms with van der Waals surface area (Å²) in [6.45, 7) is 2.11. The Morgan fingerprint density at radius 1 is 1.17 bits per heavy atom. The predicted molar refractivity (Wildman–Crippen MR) is 91.7 cm³/mol. The maximum atomic E-state index is 13.0. The third-order valence-corrected chi connectivity index (χ3v) is 4.19. The molecule has 3 nitrogen and oxygen atoms in total. The summed E-state index contributed by atoms with van der Waals surface area (Å²) in [4.78, 5) is 12.0. The smallest absolute Gasteiger partial charge is 0.279 e. The van der Waals surface area contributed by atoms with Gasteiger partial charge in [0.2, 0.25) is 0 Å². The molecule has 0 unspecified atom stereocenters. The van der Waals surface area contributed by atoms with Crippen molar-refractivity contribution in [2.45, 2.75) is 13.0 Å². The summed E-state index contributed by atoms with van der Waals surface area (Å²) < 4.78 is 13.0. The summed E-state index contributed by atoms with van der Waals surface area (Å²) in [5.41, 5.74) is 1.27. The van der Waals surface area contributed by atoms with Gasteiger partial charge in [-0.05, 0) is 37.3 Å². The maximum absolute atomic E-state index is 13.0. The van der Waals surface area contributed by atoms with Crippen LogP contribution in [-0.2, 0) is 4.79 Å². The SMILES string of the molecule is C[C@@H]([NH2+]CC(=O)Nc1ccc(F)cc1Cl)c1ccc(Cl)cc1Cl. The van der Waals surface area contributed by atoms with Crippen molar-refractivity contribution in [3.8, 4) is 0 Å². The van der Waals surface area contributed by atoms with Crippen LogP contribution in [0, 0.1) is 5.82 Å². The number of benzene rings is 2. The summed E-state index contributed by atoms with van der Waals surface area (Å²) in [5.74, 6) is -0.694. The number of nitrogens with two attached hydrogens (primary N) is 1. The Balaban J connectivity index is 1.93. The van der Waals surface area contributed by atoms with E-state index in [2.05, 4.69) is 5.32 Å². The third-order valence-electron chi connectivity index (χ3n) is 3.32. The number of amides is 1. The van der Waals surface area contributed by atoms with E-state index in [0.717, 1.165) is 11.6 Å². The average Bonchev–Trinajstić information content (AvgIpc) is 2.48. The predicted octanol–water partition coefficient (Wildman–Crippen LogP) is 4.05. The average molecular weight is 377 g/mol. The van der Waals surface area contributed by atoms with Crippen molar-refractivity contribution in [2.75, 3.05) is 11.9 Å². The second kappa shape index (κ2) is 7.97. The number of hydrogen-bond acceptors (Lipinski definition) is 1. The van der Waals surface area contributed by atoms with Crippen LogP contribution in [0.15, 0.2) is 36.4 Å². The zero-order valence-electron chi connectivity index (χ0n) is 12.2. The summed E-state index contributed by atoms with van der Waals surface area (Å²) in [5, 5.41) is 5.76. The van der Waals surface area contributed by atoms with E-state index in [1.807, 2.05) is 18.3 Å².